The van der Waals surface area contributed by atoms with Crippen molar-refractivity contribution in [2.24, 2.45) is 4.99 Å². The molecule has 25 heavy (non-hydrogen) atoms. The molecular formula is C21H24FN3. The normalized spacial score (nSPS) is 17.6. The lowest BCUT2D eigenvalue weighted by atomic mass is 9.98. The molecule has 1 fully saturated rings. The number of benzene rings is 2. The van der Waals surface area contributed by atoms with Gasteiger partial charge in [0.25, 0.3) is 0 Å². The highest BCUT2D eigenvalue weighted by atomic mass is 19.1. The van der Waals surface area contributed by atoms with Crippen molar-refractivity contribution in [2.75, 3.05) is 32.7 Å². The molecule has 0 saturated carbocycles. The van der Waals surface area contributed by atoms with Crippen LogP contribution in [0.3, 0.4) is 0 Å². The second kappa shape index (κ2) is 6.60. The number of nitrogens with zero attached hydrogens (tertiary/aromatic N) is 3. The second-order valence-electron chi connectivity index (χ2n) is 6.94. The predicted octanol–water partition coefficient (Wildman–Crippen LogP) is 3.75. The first-order valence-corrected chi connectivity index (χ1v) is 9.09. The maximum atomic E-state index is 14.8. The van der Waals surface area contributed by atoms with Crippen LogP contribution in [0.4, 0.5) is 10.1 Å². The number of rotatable bonds is 1. The SMILES string of the molecule is CCN1CCN(C2=Nc3cc(C)ccc3Cc3cccc(F)c32)CC1. The van der Waals surface area contributed by atoms with Gasteiger partial charge in [0, 0.05) is 32.6 Å². The highest BCUT2D eigenvalue weighted by Gasteiger charge is 2.26. The smallest absolute Gasteiger partial charge is 0.139 e. The van der Waals surface area contributed by atoms with Crippen LogP contribution in [0.1, 0.15) is 29.2 Å². The van der Waals surface area contributed by atoms with Gasteiger partial charge in [-0.05, 0) is 42.3 Å². The third kappa shape index (κ3) is 3.07. The molecule has 0 N–H and O–H groups in total. The third-order valence-electron chi connectivity index (χ3n) is 5.29. The highest BCUT2D eigenvalue weighted by Crippen LogP contribution is 2.31. The van der Waals surface area contributed by atoms with E-state index in [4.69, 9.17) is 4.99 Å². The fourth-order valence-corrected chi connectivity index (χ4v) is 3.77. The largest absolute Gasteiger partial charge is 0.353 e. The molecule has 1 saturated heterocycles. The summed E-state index contributed by atoms with van der Waals surface area (Å²) in [6, 6.07) is 11.7. The van der Waals surface area contributed by atoms with E-state index in [2.05, 4.69) is 41.8 Å². The van der Waals surface area contributed by atoms with Gasteiger partial charge in [-0.25, -0.2) is 9.38 Å². The molecule has 0 amide bonds. The Balaban J connectivity index is 1.82. The first-order valence-electron chi connectivity index (χ1n) is 9.09. The molecule has 2 heterocycles. The average molecular weight is 337 g/mol. The summed E-state index contributed by atoms with van der Waals surface area (Å²) < 4.78 is 14.8. The van der Waals surface area contributed by atoms with E-state index in [0.29, 0.717) is 5.56 Å². The van der Waals surface area contributed by atoms with Gasteiger partial charge in [0.1, 0.15) is 11.7 Å². The molecule has 0 atom stereocenters. The molecule has 0 bridgehead atoms. The van der Waals surface area contributed by atoms with E-state index >= 15 is 0 Å². The number of amidine groups is 1. The highest BCUT2D eigenvalue weighted by molar-refractivity contribution is 6.03. The Bertz CT molecular complexity index is 820. The van der Waals surface area contributed by atoms with Crippen LogP contribution in [0.25, 0.3) is 0 Å². The lowest BCUT2D eigenvalue weighted by Crippen LogP contribution is -2.49. The number of likely N-dealkylation sites (N-methyl/N-ethyl adjacent to an activating group) is 1. The van der Waals surface area contributed by atoms with Gasteiger partial charge in [-0.1, -0.05) is 31.2 Å². The van der Waals surface area contributed by atoms with Crippen LogP contribution in [0, 0.1) is 12.7 Å². The van der Waals surface area contributed by atoms with Crippen LogP contribution in [-0.2, 0) is 6.42 Å². The van der Waals surface area contributed by atoms with Gasteiger partial charge in [-0.2, -0.15) is 0 Å². The maximum Gasteiger partial charge on any atom is 0.139 e. The molecule has 0 radical (unpaired) electrons. The van der Waals surface area contributed by atoms with E-state index in [1.165, 1.54) is 11.1 Å². The number of hydrogen-bond acceptors (Lipinski definition) is 3. The summed E-state index contributed by atoms with van der Waals surface area (Å²) in [5.74, 6) is 0.631. The fourth-order valence-electron chi connectivity index (χ4n) is 3.77. The molecule has 0 aromatic heterocycles. The van der Waals surface area contributed by atoms with E-state index in [9.17, 15) is 4.39 Å². The average Bonchev–Trinajstić information content (AvgIpc) is 2.79. The quantitative estimate of drug-likeness (QED) is 0.789. The lowest BCUT2D eigenvalue weighted by Gasteiger charge is -2.36. The third-order valence-corrected chi connectivity index (χ3v) is 5.29. The summed E-state index contributed by atoms with van der Waals surface area (Å²) in [6.07, 6.45) is 0.727. The summed E-state index contributed by atoms with van der Waals surface area (Å²) in [7, 11) is 0. The summed E-state index contributed by atoms with van der Waals surface area (Å²) >= 11 is 0. The minimum atomic E-state index is -0.168. The molecule has 130 valence electrons. The molecule has 0 spiro atoms. The van der Waals surface area contributed by atoms with Gasteiger partial charge in [-0.15, -0.1) is 0 Å². The maximum absolute atomic E-state index is 14.8. The summed E-state index contributed by atoms with van der Waals surface area (Å²) in [5.41, 5.74) is 5.04. The molecule has 2 aliphatic heterocycles. The van der Waals surface area contributed by atoms with E-state index in [1.54, 1.807) is 12.1 Å². The molecule has 0 unspecified atom stereocenters. The van der Waals surface area contributed by atoms with Crippen LogP contribution >= 0.6 is 0 Å². The number of aliphatic imine (C=N–C) groups is 1. The number of aryl methyl sites for hydroxylation is 1. The van der Waals surface area contributed by atoms with Crippen molar-refractivity contribution in [3.8, 4) is 0 Å². The Morgan fingerprint density at radius 3 is 2.60 bits per heavy atom. The van der Waals surface area contributed by atoms with Crippen LogP contribution in [0.2, 0.25) is 0 Å². The van der Waals surface area contributed by atoms with Crippen molar-refractivity contribution >= 4 is 11.5 Å². The molecular weight excluding hydrogens is 313 g/mol. The molecule has 0 aliphatic carbocycles. The summed E-state index contributed by atoms with van der Waals surface area (Å²) in [5, 5.41) is 0. The Kier molecular flexibility index (Phi) is 4.30. The van der Waals surface area contributed by atoms with Crippen LogP contribution in [0.5, 0.6) is 0 Å². The van der Waals surface area contributed by atoms with Crippen molar-refractivity contribution in [1.82, 2.24) is 9.80 Å². The Labute approximate surface area is 148 Å². The lowest BCUT2D eigenvalue weighted by molar-refractivity contribution is 0.190. The van der Waals surface area contributed by atoms with Gasteiger partial charge in [0.2, 0.25) is 0 Å². The van der Waals surface area contributed by atoms with Crippen molar-refractivity contribution < 1.29 is 4.39 Å². The Morgan fingerprint density at radius 2 is 1.84 bits per heavy atom. The van der Waals surface area contributed by atoms with Gasteiger partial charge in [0.05, 0.1) is 11.3 Å². The Morgan fingerprint density at radius 1 is 1.04 bits per heavy atom. The molecule has 2 aliphatic rings. The van der Waals surface area contributed by atoms with Crippen molar-refractivity contribution in [3.05, 3.63) is 64.5 Å². The zero-order valence-corrected chi connectivity index (χ0v) is 14.9. The minimum Gasteiger partial charge on any atom is -0.353 e. The summed E-state index contributed by atoms with van der Waals surface area (Å²) in [6.45, 7) is 9.11. The molecule has 3 nitrogen and oxygen atoms in total. The molecule has 2 aromatic carbocycles. The van der Waals surface area contributed by atoms with E-state index in [-0.39, 0.29) is 5.82 Å². The van der Waals surface area contributed by atoms with Gasteiger partial charge in [0.15, 0.2) is 0 Å². The Hall–Kier alpha value is -2.20. The van der Waals surface area contributed by atoms with Crippen LogP contribution in [0.15, 0.2) is 41.4 Å². The number of halogens is 1. The van der Waals surface area contributed by atoms with Crippen molar-refractivity contribution in [2.45, 2.75) is 20.3 Å². The van der Waals surface area contributed by atoms with Crippen LogP contribution in [-0.4, -0.2) is 48.4 Å². The second-order valence-corrected chi connectivity index (χ2v) is 6.94. The molecule has 4 heteroatoms. The van der Waals surface area contributed by atoms with Crippen molar-refractivity contribution in [1.29, 1.82) is 0 Å². The zero-order chi connectivity index (χ0) is 17.4. The molecule has 2 aromatic rings. The monoisotopic (exact) mass is 337 g/mol. The number of fused-ring (bicyclic) bond motifs is 2. The number of hydrogen-bond donors (Lipinski definition) is 0. The van der Waals surface area contributed by atoms with Gasteiger partial charge < -0.3 is 9.80 Å². The molecule has 4 rings (SSSR count). The van der Waals surface area contributed by atoms with Crippen LogP contribution < -0.4 is 0 Å². The standard InChI is InChI=1S/C21H24FN3/c1-3-24-9-11-25(12-10-24)21-20-17(5-4-6-18(20)22)14-16-8-7-15(2)13-19(16)23-21/h4-8,13H,3,9-12,14H2,1-2H3. The van der Waals surface area contributed by atoms with E-state index in [0.717, 1.165) is 56.2 Å². The zero-order valence-electron chi connectivity index (χ0n) is 14.9. The van der Waals surface area contributed by atoms with E-state index < -0.39 is 0 Å². The topological polar surface area (TPSA) is 18.8 Å². The minimum absolute atomic E-state index is 0.168. The van der Waals surface area contributed by atoms with E-state index in [1.807, 2.05) is 6.07 Å². The first kappa shape index (κ1) is 16.3. The summed E-state index contributed by atoms with van der Waals surface area (Å²) in [4.78, 5) is 9.64. The fraction of sp³-hybridized carbons (Fsp3) is 0.381. The van der Waals surface area contributed by atoms with Gasteiger partial charge in [-0.3, -0.25) is 0 Å². The predicted molar refractivity (Wildman–Crippen MR) is 100 cm³/mol. The number of piperazine rings is 1. The first-order chi connectivity index (χ1) is 12.2. The van der Waals surface area contributed by atoms with Gasteiger partial charge >= 0.3 is 0 Å². The van der Waals surface area contributed by atoms with Crippen molar-refractivity contribution in [3.63, 3.8) is 0 Å².